The molecule has 1 N–H and O–H groups in total. The van der Waals surface area contributed by atoms with E-state index in [0.717, 1.165) is 19.5 Å². The minimum absolute atomic E-state index is 0.00279. The van der Waals surface area contributed by atoms with E-state index in [-0.39, 0.29) is 24.0 Å². The number of aliphatic hydroxyl groups excluding tert-OH is 1. The average molecular weight is 344 g/mol. The van der Waals surface area contributed by atoms with Crippen molar-refractivity contribution in [2.45, 2.75) is 26.0 Å². The minimum atomic E-state index is -0.307. The van der Waals surface area contributed by atoms with Crippen LogP contribution < -0.4 is 5.43 Å². The van der Waals surface area contributed by atoms with E-state index in [9.17, 15) is 14.7 Å². The van der Waals surface area contributed by atoms with E-state index < -0.39 is 0 Å². The summed E-state index contributed by atoms with van der Waals surface area (Å²) < 4.78 is 1.59. The van der Waals surface area contributed by atoms with Crippen LogP contribution in [0.1, 0.15) is 13.3 Å². The summed E-state index contributed by atoms with van der Waals surface area (Å²) in [6.07, 6.45) is 1.70. The molecule has 1 fully saturated rings. The lowest BCUT2D eigenvalue weighted by atomic mass is 10.2. The van der Waals surface area contributed by atoms with E-state index >= 15 is 0 Å². The normalized spacial score (nSPS) is 17.0. The van der Waals surface area contributed by atoms with Gasteiger partial charge < -0.3 is 10.0 Å². The second-order valence-electron chi connectivity index (χ2n) is 6.43. The number of nitrogens with zero attached hydrogens (tertiary/aromatic N) is 4. The Kier molecular flexibility index (Phi) is 5.45. The zero-order valence-electron chi connectivity index (χ0n) is 14.5. The highest BCUT2D eigenvalue weighted by molar-refractivity contribution is 5.81. The predicted molar refractivity (Wildman–Crippen MR) is 95.3 cm³/mol. The van der Waals surface area contributed by atoms with Gasteiger partial charge in [0.15, 0.2) is 0 Å². The summed E-state index contributed by atoms with van der Waals surface area (Å²) in [6, 6.07) is 7.20. The lowest BCUT2D eigenvalue weighted by Gasteiger charge is -2.35. The van der Waals surface area contributed by atoms with Crippen molar-refractivity contribution >= 4 is 16.8 Å². The maximum atomic E-state index is 12.6. The Balaban J connectivity index is 1.64. The highest BCUT2D eigenvalue weighted by Crippen LogP contribution is 2.10. The van der Waals surface area contributed by atoms with Crippen LogP contribution >= 0.6 is 0 Å². The molecule has 3 rings (SSSR count). The highest BCUT2D eigenvalue weighted by atomic mass is 16.3. The first-order chi connectivity index (χ1) is 12.1. The maximum absolute atomic E-state index is 12.6. The number of aliphatic hydroxyl groups is 1. The smallest absolute Gasteiger partial charge is 0.244 e. The molecule has 134 valence electrons. The fraction of sp³-hybridized carbons (Fsp3) is 0.500. The second-order valence-corrected chi connectivity index (χ2v) is 6.43. The molecule has 2 aromatic rings. The molecular weight excluding hydrogens is 320 g/mol. The molecule has 0 saturated carbocycles. The Morgan fingerprint density at radius 3 is 2.68 bits per heavy atom. The van der Waals surface area contributed by atoms with E-state index in [1.54, 1.807) is 22.9 Å². The fourth-order valence-electron chi connectivity index (χ4n) is 3.12. The molecular formula is C18H24N4O3. The van der Waals surface area contributed by atoms with Crippen LogP contribution in [0.3, 0.4) is 0 Å². The molecule has 1 aliphatic rings. The lowest BCUT2D eigenvalue weighted by Crippen LogP contribution is -2.51. The number of aromatic nitrogens is 2. The van der Waals surface area contributed by atoms with Gasteiger partial charge in [0.25, 0.3) is 0 Å². The number of rotatable bonds is 5. The quantitative estimate of drug-likeness (QED) is 0.845. The molecule has 0 unspecified atom stereocenters. The molecule has 2 heterocycles. The molecule has 0 bridgehead atoms. The monoisotopic (exact) mass is 344 g/mol. The number of piperazine rings is 1. The number of benzene rings is 1. The Morgan fingerprint density at radius 2 is 1.96 bits per heavy atom. The van der Waals surface area contributed by atoms with Crippen LogP contribution in [-0.4, -0.2) is 69.4 Å². The molecule has 0 radical (unpaired) electrons. The Bertz CT molecular complexity index is 796. The predicted octanol–water partition coefficient (Wildman–Crippen LogP) is 0.312. The van der Waals surface area contributed by atoms with E-state index in [1.165, 1.54) is 6.20 Å². The Labute approximate surface area is 146 Å². The van der Waals surface area contributed by atoms with Gasteiger partial charge in [0.1, 0.15) is 6.54 Å². The first kappa shape index (κ1) is 17.6. The van der Waals surface area contributed by atoms with Crippen LogP contribution in [0.2, 0.25) is 0 Å². The molecule has 7 heteroatoms. The van der Waals surface area contributed by atoms with Crippen LogP contribution in [0.25, 0.3) is 10.9 Å². The summed E-state index contributed by atoms with van der Waals surface area (Å²) in [7, 11) is 0. The standard InChI is InChI=1S/C18H24N4O3/c1-2-14(23)12-20-7-9-21(10-8-20)18(25)13-22-16-6-4-3-5-15(16)17(24)11-19-22/h3-6,11,14,23H,2,7-10,12-13H2,1H3/t14-/m1/s1. The summed E-state index contributed by atoms with van der Waals surface area (Å²) in [5, 5.41) is 14.4. The number of fused-ring (bicyclic) bond motifs is 1. The number of carbonyl (C=O) groups is 1. The summed E-state index contributed by atoms with van der Waals surface area (Å²) in [6.45, 7) is 5.57. The third-order valence-electron chi connectivity index (χ3n) is 4.71. The van der Waals surface area contributed by atoms with Crippen molar-refractivity contribution in [1.29, 1.82) is 0 Å². The van der Waals surface area contributed by atoms with Crippen molar-refractivity contribution in [3.63, 3.8) is 0 Å². The summed E-state index contributed by atoms with van der Waals surface area (Å²) in [5.74, 6) is -0.00279. The molecule has 1 aromatic heterocycles. The Hall–Kier alpha value is -2.25. The molecule has 1 saturated heterocycles. The van der Waals surface area contributed by atoms with Crippen molar-refractivity contribution in [3.8, 4) is 0 Å². The van der Waals surface area contributed by atoms with Crippen LogP contribution in [0, 0.1) is 0 Å². The van der Waals surface area contributed by atoms with Crippen molar-refractivity contribution in [3.05, 3.63) is 40.7 Å². The highest BCUT2D eigenvalue weighted by Gasteiger charge is 2.22. The summed E-state index contributed by atoms with van der Waals surface area (Å²) >= 11 is 0. The van der Waals surface area contributed by atoms with E-state index in [0.29, 0.717) is 30.5 Å². The third kappa shape index (κ3) is 4.05. The number of para-hydroxylation sites is 1. The molecule has 0 aliphatic carbocycles. The van der Waals surface area contributed by atoms with Crippen LogP contribution in [0.4, 0.5) is 0 Å². The van der Waals surface area contributed by atoms with Crippen LogP contribution in [0.15, 0.2) is 35.3 Å². The van der Waals surface area contributed by atoms with Crippen molar-refractivity contribution in [2.24, 2.45) is 0 Å². The zero-order valence-corrected chi connectivity index (χ0v) is 14.5. The van der Waals surface area contributed by atoms with Gasteiger partial charge in [-0.05, 0) is 18.6 Å². The van der Waals surface area contributed by atoms with Gasteiger partial charge in [-0.25, -0.2) is 0 Å². The Morgan fingerprint density at radius 1 is 1.24 bits per heavy atom. The largest absolute Gasteiger partial charge is 0.392 e. The maximum Gasteiger partial charge on any atom is 0.244 e. The van der Waals surface area contributed by atoms with E-state index in [4.69, 9.17) is 0 Å². The number of hydrogen-bond donors (Lipinski definition) is 1. The van der Waals surface area contributed by atoms with Gasteiger partial charge in [0.2, 0.25) is 11.3 Å². The molecule has 0 spiro atoms. The van der Waals surface area contributed by atoms with Gasteiger partial charge in [-0.1, -0.05) is 19.1 Å². The summed E-state index contributed by atoms with van der Waals surface area (Å²) in [4.78, 5) is 28.5. The van der Waals surface area contributed by atoms with Crippen molar-refractivity contribution in [1.82, 2.24) is 19.6 Å². The molecule has 25 heavy (non-hydrogen) atoms. The second kappa shape index (κ2) is 7.76. The molecule has 1 aliphatic heterocycles. The fourth-order valence-corrected chi connectivity index (χ4v) is 3.12. The number of hydrogen-bond acceptors (Lipinski definition) is 5. The zero-order chi connectivity index (χ0) is 17.8. The molecule has 1 aromatic carbocycles. The first-order valence-electron chi connectivity index (χ1n) is 8.71. The van der Waals surface area contributed by atoms with Crippen LogP contribution in [0.5, 0.6) is 0 Å². The lowest BCUT2D eigenvalue weighted by molar-refractivity contribution is -0.133. The van der Waals surface area contributed by atoms with Crippen LogP contribution in [-0.2, 0) is 11.3 Å². The van der Waals surface area contributed by atoms with Gasteiger partial charge in [-0.2, -0.15) is 5.10 Å². The van der Waals surface area contributed by atoms with Gasteiger partial charge in [-0.3, -0.25) is 19.2 Å². The first-order valence-corrected chi connectivity index (χ1v) is 8.71. The SMILES string of the molecule is CC[C@@H](O)CN1CCN(C(=O)Cn2ncc(=O)c3ccccc32)CC1. The molecule has 1 amide bonds. The van der Waals surface area contributed by atoms with Crippen molar-refractivity contribution < 1.29 is 9.90 Å². The topological polar surface area (TPSA) is 78.7 Å². The molecule has 1 atom stereocenters. The van der Waals surface area contributed by atoms with Gasteiger partial charge in [-0.15, -0.1) is 0 Å². The molecule has 7 nitrogen and oxygen atoms in total. The number of carbonyl (C=O) groups excluding carboxylic acids is 1. The van der Waals surface area contributed by atoms with Gasteiger partial charge in [0.05, 0.1) is 17.8 Å². The van der Waals surface area contributed by atoms with Gasteiger partial charge in [0, 0.05) is 38.1 Å². The van der Waals surface area contributed by atoms with E-state index in [2.05, 4.69) is 10.00 Å². The third-order valence-corrected chi connectivity index (χ3v) is 4.71. The number of β-amino-alcohol motifs (C(OH)–C–C–N with tert-alkyl or cyclic N) is 1. The minimum Gasteiger partial charge on any atom is -0.392 e. The van der Waals surface area contributed by atoms with Gasteiger partial charge >= 0.3 is 0 Å². The summed E-state index contributed by atoms with van der Waals surface area (Å²) in [5.41, 5.74) is 0.537. The van der Waals surface area contributed by atoms with Crippen molar-refractivity contribution in [2.75, 3.05) is 32.7 Å². The average Bonchev–Trinajstić information content (AvgIpc) is 2.64. The number of amides is 1. The van der Waals surface area contributed by atoms with E-state index in [1.807, 2.05) is 17.9 Å².